The first-order valence-electron chi connectivity index (χ1n) is 9.47. The fourth-order valence-corrected chi connectivity index (χ4v) is 3.31. The molecule has 0 aliphatic heterocycles. The van der Waals surface area contributed by atoms with E-state index < -0.39 is 0 Å². The van der Waals surface area contributed by atoms with Crippen LogP contribution in [0.1, 0.15) is 39.2 Å². The van der Waals surface area contributed by atoms with Crippen molar-refractivity contribution in [3.63, 3.8) is 0 Å². The van der Waals surface area contributed by atoms with Crippen LogP contribution in [0.5, 0.6) is 5.75 Å². The number of hydrogen-bond donors (Lipinski definition) is 1. The van der Waals surface area contributed by atoms with Gasteiger partial charge in [0.05, 0.1) is 6.61 Å². The Morgan fingerprint density at radius 2 is 1.86 bits per heavy atom. The van der Waals surface area contributed by atoms with Crippen LogP contribution in [0.25, 0.3) is 10.9 Å². The molecule has 3 rings (SSSR count). The van der Waals surface area contributed by atoms with Crippen molar-refractivity contribution in [3.8, 4) is 5.75 Å². The van der Waals surface area contributed by atoms with Gasteiger partial charge in [-0.25, -0.2) is 4.40 Å². The second kappa shape index (κ2) is 9.11. The number of H-pyrrole nitrogens is 1. The Morgan fingerprint density at radius 1 is 1.07 bits per heavy atom. The van der Waals surface area contributed by atoms with E-state index in [1.54, 1.807) is 6.07 Å². The standard InChI is InChI=1S/C23H26N2O2S/c1-23(2,3)18-7-10-20(11-8-18)28-24-14-4-5-15-27-19-9-12-21-17(16-19)6-13-22(26)25-21/h6-14,16H,4-5,15H2,1-3H3,(H,25,26). The summed E-state index contributed by atoms with van der Waals surface area (Å²) in [5.74, 6) is 0.810. The van der Waals surface area contributed by atoms with Crippen LogP contribution >= 0.6 is 11.9 Å². The van der Waals surface area contributed by atoms with E-state index in [-0.39, 0.29) is 11.0 Å². The van der Waals surface area contributed by atoms with Gasteiger partial charge in [0.15, 0.2) is 0 Å². The van der Waals surface area contributed by atoms with Crippen molar-refractivity contribution in [2.45, 2.75) is 43.9 Å². The van der Waals surface area contributed by atoms with Crippen molar-refractivity contribution < 1.29 is 4.74 Å². The molecule has 146 valence electrons. The van der Waals surface area contributed by atoms with Crippen molar-refractivity contribution in [2.24, 2.45) is 4.40 Å². The van der Waals surface area contributed by atoms with Gasteiger partial charge in [-0.15, -0.1) is 0 Å². The maximum Gasteiger partial charge on any atom is 0.248 e. The molecule has 3 aromatic rings. The summed E-state index contributed by atoms with van der Waals surface area (Å²) in [7, 11) is 0. The Kier molecular flexibility index (Phi) is 6.57. The van der Waals surface area contributed by atoms with Crippen LogP contribution in [0.15, 0.2) is 68.7 Å². The molecule has 0 saturated carbocycles. The minimum atomic E-state index is -0.0940. The molecule has 0 bridgehead atoms. The molecule has 0 unspecified atom stereocenters. The van der Waals surface area contributed by atoms with Gasteiger partial charge in [-0.3, -0.25) is 4.79 Å². The highest BCUT2D eigenvalue weighted by molar-refractivity contribution is 7.98. The van der Waals surface area contributed by atoms with Crippen LogP contribution in [0.4, 0.5) is 0 Å². The highest BCUT2D eigenvalue weighted by Crippen LogP contribution is 2.26. The van der Waals surface area contributed by atoms with Gasteiger partial charge in [0.25, 0.3) is 0 Å². The maximum atomic E-state index is 11.3. The Hall–Kier alpha value is -2.53. The Morgan fingerprint density at radius 3 is 2.61 bits per heavy atom. The van der Waals surface area contributed by atoms with Gasteiger partial charge in [0.2, 0.25) is 5.56 Å². The number of pyridine rings is 1. The zero-order valence-corrected chi connectivity index (χ0v) is 17.4. The molecular formula is C23H26N2O2S. The predicted octanol–water partition coefficient (Wildman–Crippen LogP) is 5.76. The SMILES string of the molecule is CC(C)(C)c1ccc(SN=CCCCOc2ccc3[nH]c(=O)ccc3c2)cc1. The van der Waals surface area contributed by atoms with E-state index in [9.17, 15) is 4.79 Å². The number of fused-ring (bicyclic) bond motifs is 1. The predicted molar refractivity (Wildman–Crippen MR) is 119 cm³/mol. The van der Waals surface area contributed by atoms with Gasteiger partial charge in [0.1, 0.15) is 5.75 Å². The van der Waals surface area contributed by atoms with E-state index in [2.05, 4.69) is 54.4 Å². The maximum absolute atomic E-state index is 11.3. The molecule has 4 nitrogen and oxygen atoms in total. The summed E-state index contributed by atoms with van der Waals surface area (Å²) in [6.07, 6.45) is 3.71. The Bertz CT molecular complexity index is 1000. The Labute approximate surface area is 170 Å². The summed E-state index contributed by atoms with van der Waals surface area (Å²) >= 11 is 1.50. The molecule has 1 N–H and O–H groups in total. The minimum Gasteiger partial charge on any atom is -0.494 e. The van der Waals surface area contributed by atoms with Crippen LogP contribution < -0.4 is 10.3 Å². The fourth-order valence-electron chi connectivity index (χ4n) is 2.75. The van der Waals surface area contributed by atoms with Gasteiger partial charge >= 0.3 is 0 Å². The number of rotatable bonds is 7. The van der Waals surface area contributed by atoms with E-state index in [4.69, 9.17) is 4.74 Å². The number of ether oxygens (including phenoxy) is 1. The molecule has 28 heavy (non-hydrogen) atoms. The average molecular weight is 395 g/mol. The molecule has 0 amide bonds. The zero-order chi connectivity index (χ0) is 20.0. The average Bonchev–Trinajstić information content (AvgIpc) is 2.67. The summed E-state index contributed by atoms with van der Waals surface area (Å²) in [6.45, 7) is 7.28. The fraction of sp³-hybridized carbons (Fsp3) is 0.304. The van der Waals surface area contributed by atoms with Crippen molar-refractivity contribution in [2.75, 3.05) is 6.61 Å². The molecule has 0 saturated heterocycles. The van der Waals surface area contributed by atoms with E-state index >= 15 is 0 Å². The third kappa shape index (κ3) is 5.73. The first kappa shape index (κ1) is 20.2. The van der Waals surface area contributed by atoms with Crippen molar-refractivity contribution in [1.82, 2.24) is 4.98 Å². The zero-order valence-electron chi connectivity index (χ0n) is 16.6. The molecule has 5 heteroatoms. The van der Waals surface area contributed by atoms with E-state index in [1.807, 2.05) is 24.4 Å². The number of nitrogens with one attached hydrogen (secondary N) is 1. The second-order valence-corrected chi connectivity index (χ2v) is 8.58. The van der Waals surface area contributed by atoms with Gasteiger partial charge in [-0.1, -0.05) is 32.9 Å². The molecule has 0 radical (unpaired) electrons. The molecule has 0 atom stereocenters. The molecule has 1 aromatic heterocycles. The summed E-state index contributed by atoms with van der Waals surface area (Å²) in [5, 5.41) is 0.965. The van der Waals surface area contributed by atoms with E-state index in [1.165, 1.54) is 23.6 Å². The lowest BCUT2D eigenvalue weighted by Gasteiger charge is -2.18. The van der Waals surface area contributed by atoms with Gasteiger partial charge < -0.3 is 9.72 Å². The normalized spacial score (nSPS) is 12.0. The third-order valence-corrected chi connectivity index (χ3v) is 5.13. The molecule has 0 fully saturated rings. The summed E-state index contributed by atoms with van der Waals surface area (Å²) in [5.41, 5.74) is 2.23. The first-order valence-corrected chi connectivity index (χ1v) is 10.2. The molecule has 0 spiro atoms. The highest BCUT2D eigenvalue weighted by Gasteiger charge is 2.12. The summed E-state index contributed by atoms with van der Waals surface area (Å²) < 4.78 is 10.2. The Balaban J connectivity index is 1.40. The van der Waals surface area contributed by atoms with Crippen molar-refractivity contribution >= 4 is 29.1 Å². The van der Waals surface area contributed by atoms with Crippen molar-refractivity contribution in [1.29, 1.82) is 0 Å². The minimum absolute atomic E-state index is 0.0940. The lowest BCUT2D eigenvalue weighted by molar-refractivity contribution is 0.314. The monoisotopic (exact) mass is 394 g/mol. The van der Waals surface area contributed by atoms with Crippen LogP contribution in [0, 0.1) is 0 Å². The number of nitrogens with zero attached hydrogens (tertiary/aromatic N) is 1. The van der Waals surface area contributed by atoms with Crippen LogP contribution in [-0.4, -0.2) is 17.8 Å². The topological polar surface area (TPSA) is 54.4 Å². The van der Waals surface area contributed by atoms with Crippen LogP contribution in [0.2, 0.25) is 0 Å². The van der Waals surface area contributed by atoms with Crippen LogP contribution in [0.3, 0.4) is 0 Å². The van der Waals surface area contributed by atoms with Crippen LogP contribution in [-0.2, 0) is 5.41 Å². The number of hydrogen-bond acceptors (Lipinski definition) is 4. The summed E-state index contributed by atoms with van der Waals surface area (Å²) in [4.78, 5) is 15.3. The number of unbranched alkanes of at least 4 members (excludes halogenated alkanes) is 1. The highest BCUT2D eigenvalue weighted by atomic mass is 32.2. The molecule has 2 aromatic carbocycles. The molecule has 0 aliphatic rings. The molecule has 1 heterocycles. The number of aromatic nitrogens is 1. The van der Waals surface area contributed by atoms with Gasteiger partial charge in [-0.05, 0) is 60.2 Å². The molecule has 0 aliphatic carbocycles. The lowest BCUT2D eigenvalue weighted by atomic mass is 9.87. The van der Waals surface area contributed by atoms with Crippen molar-refractivity contribution in [3.05, 3.63) is 70.5 Å². The lowest BCUT2D eigenvalue weighted by Crippen LogP contribution is -2.10. The quantitative estimate of drug-likeness (QED) is 0.315. The third-order valence-electron chi connectivity index (χ3n) is 4.39. The largest absolute Gasteiger partial charge is 0.494 e. The first-order chi connectivity index (χ1) is 13.4. The van der Waals surface area contributed by atoms with E-state index in [0.717, 1.165) is 34.4 Å². The summed E-state index contributed by atoms with van der Waals surface area (Å²) in [6, 6.07) is 17.6. The van der Waals surface area contributed by atoms with E-state index in [0.29, 0.717) is 6.61 Å². The smallest absolute Gasteiger partial charge is 0.248 e. The molecular weight excluding hydrogens is 368 g/mol. The number of benzene rings is 2. The van der Waals surface area contributed by atoms with Gasteiger partial charge in [-0.2, -0.15) is 0 Å². The van der Waals surface area contributed by atoms with Gasteiger partial charge in [0, 0.05) is 40.0 Å². The second-order valence-electron chi connectivity index (χ2n) is 7.72. The number of aromatic amines is 1.